The Morgan fingerprint density at radius 3 is 1.96 bits per heavy atom. The van der Waals surface area contributed by atoms with Crippen LogP contribution in [0.5, 0.6) is 0 Å². The minimum Gasteiger partial charge on any atom is -0.459 e. The maximum atomic E-state index is 12.6. The third kappa shape index (κ3) is 8.32. The molecule has 1 amide bonds. The Bertz CT molecular complexity index is 763. The molecule has 6 nitrogen and oxygen atoms in total. The molecule has 0 saturated carbocycles. The number of nitrogens with one attached hydrogen (secondary N) is 1. The number of ether oxygens (including phenoxy) is 2. The standard InChI is InChI=1S/C21H29BrN2O4/c1-19(2,3)27-17(25)21(7,23)16(24-18(26)28-20(4,5)6)13-10-14-8-11-15(22)12-9-14/h8-9,11-12,16H,23H2,1-7H3,(H,24,26)/t16-,21+/m0/s1. The summed E-state index contributed by atoms with van der Waals surface area (Å²) in [7, 11) is 0. The highest BCUT2D eigenvalue weighted by atomic mass is 79.9. The molecule has 0 unspecified atom stereocenters. The first-order valence-corrected chi connectivity index (χ1v) is 9.68. The van der Waals surface area contributed by atoms with Crippen LogP contribution in [0.1, 0.15) is 54.0 Å². The molecule has 0 saturated heterocycles. The summed E-state index contributed by atoms with van der Waals surface area (Å²) >= 11 is 3.36. The molecule has 0 bridgehead atoms. The number of alkyl carbamates (subject to hydrolysis) is 1. The Hall–Kier alpha value is -2.04. The van der Waals surface area contributed by atoms with Crippen LogP contribution in [0.3, 0.4) is 0 Å². The Kier molecular flexibility index (Phi) is 7.69. The molecule has 0 spiro atoms. The van der Waals surface area contributed by atoms with E-state index in [1.165, 1.54) is 6.92 Å². The highest BCUT2D eigenvalue weighted by molar-refractivity contribution is 9.10. The molecule has 7 heteroatoms. The lowest BCUT2D eigenvalue weighted by Gasteiger charge is -2.32. The topological polar surface area (TPSA) is 90.6 Å². The molecule has 1 aromatic carbocycles. The summed E-state index contributed by atoms with van der Waals surface area (Å²) < 4.78 is 11.6. The van der Waals surface area contributed by atoms with Gasteiger partial charge in [0, 0.05) is 10.0 Å². The Morgan fingerprint density at radius 2 is 1.50 bits per heavy atom. The van der Waals surface area contributed by atoms with Crippen molar-refractivity contribution in [3.63, 3.8) is 0 Å². The molecular weight excluding hydrogens is 424 g/mol. The molecule has 154 valence electrons. The van der Waals surface area contributed by atoms with Gasteiger partial charge in [-0.15, -0.1) is 0 Å². The Balaban J connectivity index is 3.17. The molecule has 0 aliphatic carbocycles. The lowest BCUT2D eigenvalue weighted by molar-refractivity contribution is -0.161. The molecule has 0 heterocycles. The minimum absolute atomic E-state index is 0.675. The van der Waals surface area contributed by atoms with Crippen LogP contribution >= 0.6 is 15.9 Å². The summed E-state index contributed by atoms with van der Waals surface area (Å²) in [5.41, 5.74) is 3.94. The van der Waals surface area contributed by atoms with Gasteiger partial charge in [-0.3, -0.25) is 0 Å². The second-order valence-corrected chi connectivity index (χ2v) is 9.56. The number of hydrogen-bond acceptors (Lipinski definition) is 5. The Morgan fingerprint density at radius 1 is 1.00 bits per heavy atom. The number of carbonyl (C=O) groups excluding carboxylic acids is 2. The van der Waals surface area contributed by atoms with Gasteiger partial charge in [0.1, 0.15) is 22.8 Å². The molecule has 0 aliphatic heterocycles. The fraction of sp³-hybridized carbons (Fsp3) is 0.524. The van der Waals surface area contributed by atoms with E-state index in [-0.39, 0.29) is 0 Å². The predicted molar refractivity (Wildman–Crippen MR) is 113 cm³/mol. The lowest BCUT2D eigenvalue weighted by Crippen LogP contribution is -2.62. The first-order chi connectivity index (χ1) is 12.6. The number of halogens is 1. The van der Waals surface area contributed by atoms with Gasteiger partial charge >= 0.3 is 12.1 Å². The van der Waals surface area contributed by atoms with Crippen molar-refractivity contribution in [2.45, 2.75) is 71.2 Å². The van der Waals surface area contributed by atoms with E-state index in [4.69, 9.17) is 15.2 Å². The third-order valence-corrected chi connectivity index (χ3v) is 3.83. The average molecular weight is 453 g/mol. The van der Waals surface area contributed by atoms with Crippen LogP contribution in [0, 0.1) is 11.8 Å². The van der Waals surface area contributed by atoms with Crippen molar-refractivity contribution in [3.05, 3.63) is 34.3 Å². The zero-order valence-electron chi connectivity index (χ0n) is 17.5. The lowest BCUT2D eigenvalue weighted by atomic mass is 9.93. The summed E-state index contributed by atoms with van der Waals surface area (Å²) in [5, 5.41) is 2.59. The van der Waals surface area contributed by atoms with Gasteiger partial charge in [-0.2, -0.15) is 0 Å². The summed E-state index contributed by atoms with van der Waals surface area (Å²) in [4.78, 5) is 24.9. The summed E-state index contributed by atoms with van der Waals surface area (Å²) in [6, 6.07) is 6.28. The number of nitrogens with two attached hydrogens (primary N) is 1. The van der Waals surface area contributed by atoms with Gasteiger partial charge in [-0.25, -0.2) is 9.59 Å². The van der Waals surface area contributed by atoms with Gasteiger partial charge in [-0.1, -0.05) is 27.8 Å². The number of hydrogen-bond donors (Lipinski definition) is 2. The third-order valence-electron chi connectivity index (χ3n) is 3.30. The van der Waals surface area contributed by atoms with Crippen LogP contribution in [0.4, 0.5) is 4.79 Å². The second-order valence-electron chi connectivity index (χ2n) is 8.64. The highest BCUT2D eigenvalue weighted by Crippen LogP contribution is 2.17. The molecule has 3 N–H and O–H groups in total. The van der Waals surface area contributed by atoms with E-state index in [9.17, 15) is 9.59 Å². The number of esters is 1. The zero-order valence-corrected chi connectivity index (χ0v) is 19.1. The van der Waals surface area contributed by atoms with Crippen molar-refractivity contribution in [1.82, 2.24) is 5.32 Å². The summed E-state index contributed by atoms with van der Waals surface area (Å²) in [6.07, 6.45) is -0.720. The van der Waals surface area contributed by atoms with Crippen LogP contribution < -0.4 is 11.1 Å². The smallest absolute Gasteiger partial charge is 0.408 e. The summed E-state index contributed by atoms with van der Waals surface area (Å²) in [6.45, 7) is 11.9. The number of benzene rings is 1. The number of carbonyl (C=O) groups is 2. The van der Waals surface area contributed by atoms with E-state index >= 15 is 0 Å². The molecule has 1 rings (SSSR count). The fourth-order valence-electron chi connectivity index (χ4n) is 1.96. The monoisotopic (exact) mass is 452 g/mol. The van der Waals surface area contributed by atoms with Crippen LogP contribution in [0.15, 0.2) is 28.7 Å². The largest absolute Gasteiger partial charge is 0.459 e. The van der Waals surface area contributed by atoms with Gasteiger partial charge in [0.05, 0.1) is 0 Å². The van der Waals surface area contributed by atoms with Gasteiger partial charge in [0.25, 0.3) is 0 Å². The average Bonchev–Trinajstić information content (AvgIpc) is 2.49. The van der Waals surface area contributed by atoms with E-state index in [1.54, 1.807) is 41.5 Å². The van der Waals surface area contributed by atoms with E-state index < -0.39 is 34.8 Å². The maximum Gasteiger partial charge on any atom is 0.408 e. The van der Waals surface area contributed by atoms with Crippen molar-refractivity contribution in [2.24, 2.45) is 5.73 Å². The normalized spacial score (nSPS) is 14.8. The van der Waals surface area contributed by atoms with Crippen molar-refractivity contribution < 1.29 is 19.1 Å². The number of rotatable bonds is 3. The number of amides is 1. The molecule has 0 fully saturated rings. The SMILES string of the molecule is CC(C)(C)OC(=O)N[C@@H](C#Cc1ccc(Br)cc1)[C@@](C)(N)C(=O)OC(C)(C)C. The molecule has 28 heavy (non-hydrogen) atoms. The van der Waals surface area contributed by atoms with Crippen LogP contribution in [-0.4, -0.2) is 34.8 Å². The summed E-state index contributed by atoms with van der Waals surface area (Å²) in [5.74, 6) is 5.14. The van der Waals surface area contributed by atoms with Crippen molar-refractivity contribution >= 4 is 28.0 Å². The van der Waals surface area contributed by atoms with Gasteiger partial charge in [0.2, 0.25) is 0 Å². The maximum absolute atomic E-state index is 12.6. The Labute approximate surface area is 175 Å². The zero-order chi connectivity index (χ0) is 21.8. The first kappa shape index (κ1) is 24.0. The van der Waals surface area contributed by atoms with E-state index in [0.717, 1.165) is 4.47 Å². The van der Waals surface area contributed by atoms with Crippen molar-refractivity contribution in [3.8, 4) is 11.8 Å². The van der Waals surface area contributed by atoms with Crippen molar-refractivity contribution in [1.29, 1.82) is 0 Å². The van der Waals surface area contributed by atoms with Crippen LogP contribution in [-0.2, 0) is 14.3 Å². The van der Waals surface area contributed by atoms with E-state index in [2.05, 4.69) is 33.1 Å². The fourth-order valence-corrected chi connectivity index (χ4v) is 2.22. The highest BCUT2D eigenvalue weighted by Gasteiger charge is 2.41. The first-order valence-electron chi connectivity index (χ1n) is 8.89. The molecule has 2 atom stereocenters. The second kappa shape index (κ2) is 8.97. The molecular formula is C21H29BrN2O4. The van der Waals surface area contributed by atoms with Gasteiger partial charge in [-0.05, 0) is 72.7 Å². The predicted octanol–water partition coefficient (Wildman–Crippen LogP) is 3.75. The molecule has 0 aromatic heterocycles. The van der Waals surface area contributed by atoms with E-state index in [1.807, 2.05) is 24.3 Å². The van der Waals surface area contributed by atoms with Crippen molar-refractivity contribution in [2.75, 3.05) is 0 Å². The van der Waals surface area contributed by atoms with Crippen LogP contribution in [0.25, 0.3) is 0 Å². The van der Waals surface area contributed by atoms with Crippen LogP contribution in [0.2, 0.25) is 0 Å². The molecule has 1 aromatic rings. The van der Waals surface area contributed by atoms with Gasteiger partial charge < -0.3 is 20.5 Å². The molecule has 0 aliphatic rings. The van der Waals surface area contributed by atoms with E-state index in [0.29, 0.717) is 5.56 Å². The molecule has 0 radical (unpaired) electrons. The quantitative estimate of drug-likeness (QED) is 0.538. The van der Waals surface area contributed by atoms with Gasteiger partial charge in [0.15, 0.2) is 0 Å². The minimum atomic E-state index is -1.59.